The molecule has 11 heteroatoms. The molecule has 6 rings (SSSR count). The Bertz CT molecular complexity index is 2110. The Morgan fingerprint density at radius 3 is 2.64 bits per heavy atom. The minimum Gasteiger partial charge on any atom is -0.490 e. The largest absolute Gasteiger partial charge is 0.490 e. The average molecular weight is 580 g/mol. The van der Waals surface area contributed by atoms with Crippen molar-refractivity contribution in [3.05, 3.63) is 93.2 Å². The van der Waals surface area contributed by atoms with E-state index < -0.39 is 11.9 Å². The lowest BCUT2D eigenvalue weighted by Crippen LogP contribution is -2.21. The molecule has 1 atom stereocenters. The van der Waals surface area contributed by atoms with Crippen LogP contribution in [0.4, 0.5) is 10.2 Å². The predicted octanol–water partition coefficient (Wildman–Crippen LogP) is 6.13. The van der Waals surface area contributed by atoms with Crippen LogP contribution in [0.3, 0.4) is 0 Å². The van der Waals surface area contributed by atoms with Gasteiger partial charge in [0, 0.05) is 16.6 Å². The molecule has 0 unspecified atom stereocenters. The Morgan fingerprint density at radius 2 is 1.90 bits per heavy atom. The van der Waals surface area contributed by atoms with Crippen LogP contribution in [0.15, 0.2) is 65.0 Å². The second kappa shape index (κ2) is 10.4. The maximum atomic E-state index is 14.4. The fraction of sp³-hybridized carbons (Fsp3) is 0.194. The van der Waals surface area contributed by atoms with Crippen LogP contribution in [-0.4, -0.2) is 30.3 Å². The van der Waals surface area contributed by atoms with Crippen LogP contribution in [0.25, 0.3) is 38.2 Å². The molecule has 4 heterocycles. The second-order valence-corrected chi connectivity index (χ2v) is 11.1. The summed E-state index contributed by atoms with van der Waals surface area (Å²) >= 11 is 1.45. The standard InChI is InChI=1S/C31H26FN7O2S/c1-16(2)41-24-9-8-20(10-21(24)13-33)28-27-29(34)35-15-36-30(27)39(37-28)18(4)23-12-25-38(17(3)14-42-25)31(40)26(23)19-6-5-7-22(32)11-19/h5-12,14-16,18H,1-4H3,(H2,34,35,36)/t18-/m0/s1. The average Bonchev–Trinajstić information content (AvgIpc) is 3.54. The molecule has 0 radical (unpaired) electrons. The zero-order valence-corrected chi connectivity index (χ0v) is 24.1. The summed E-state index contributed by atoms with van der Waals surface area (Å²) in [5.74, 6) is 0.254. The Kier molecular flexibility index (Phi) is 6.71. The molecular weight excluding hydrogens is 553 g/mol. The van der Waals surface area contributed by atoms with Crippen molar-refractivity contribution in [3.8, 4) is 34.2 Å². The van der Waals surface area contributed by atoms with Crippen LogP contribution >= 0.6 is 11.3 Å². The Balaban J connectivity index is 1.59. The Morgan fingerprint density at radius 1 is 1.10 bits per heavy atom. The number of hydrogen-bond acceptors (Lipinski definition) is 8. The lowest BCUT2D eigenvalue weighted by atomic mass is 9.97. The molecule has 0 aliphatic heterocycles. The Labute approximate surface area is 244 Å². The summed E-state index contributed by atoms with van der Waals surface area (Å²) in [7, 11) is 0. The number of fused-ring (bicyclic) bond motifs is 2. The van der Waals surface area contributed by atoms with Gasteiger partial charge < -0.3 is 10.5 Å². The van der Waals surface area contributed by atoms with Crippen molar-refractivity contribution in [2.75, 3.05) is 5.73 Å². The number of rotatable bonds is 6. The molecule has 2 N–H and O–H groups in total. The lowest BCUT2D eigenvalue weighted by molar-refractivity contribution is 0.242. The van der Waals surface area contributed by atoms with E-state index in [0.717, 1.165) is 10.5 Å². The van der Waals surface area contributed by atoms with Crippen molar-refractivity contribution in [1.82, 2.24) is 24.1 Å². The smallest absolute Gasteiger partial charge is 0.264 e. The molecule has 0 fully saturated rings. The number of nitriles is 1. The first-order valence-corrected chi connectivity index (χ1v) is 14.2. The monoisotopic (exact) mass is 579 g/mol. The number of nitrogen functional groups attached to an aromatic ring is 1. The van der Waals surface area contributed by atoms with Gasteiger partial charge in [0.05, 0.1) is 28.7 Å². The normalized spacial score (nSPS) is 12.2. The molecule has 2 aromatic carbocycles. The van der Waals surface area contributed by atoms with Crippen molar-refractivity contribution >= 4 is 33.0 Å². The first kappa shape index (κ1) is 27.1. The third-order valence-electron chi connectivity index (χ3n) is 7.09. The predicted molar refractivity (Wildman–Crippen MR) is 161 cm³/mol. The minimum absolute atomic E-state index is 0.103. The van der Waals surface area contributed by atoms with Gasteiger partial charge in [-0.2, -0.15) is 10.4 Å². The number of hydrogen-bond donors (Lipinski definition) is 1. The van der Waals surface area contributed by atoms with E-state index >= 15 is 0 Å². The molecule has 0 aliphatic carbocycles. The summed E-state index contributed by atoms with van der Waals surface area (Å²) < 4.78 is 23.5. The number of halogens is 1. The molecule has 9 nitrogen and oxygen atoms in total. The van der Waals surface area contributed by atoms with E-state index in [9.17, 15) is 14.4 Å². The molecule has 0 amide bonds. The van der Waals surface area contributed by atoms with Crippen LogP contribution in [0, 0.1) is 24.1 Å². The van der Waals surface area contributed by atoms with E-state index in [1.54, 1.807) is 33.3 Å². The number of thiazole rings is 1. The van der Waals surface area contributed by atoms with Gasteiger partial charge in [0.2, 0.25) is 0 Å². The van der Waals surface area contributed by atoms with E-state index in [4.69, 9.17) is 15.6 Å². The van der Waals surface area contributed by atoms with E-state index in [-0.39, 0.29) is 17.5 Å². The van der Waals surface area contributed by atoms with Crippen LogP contribution in [0.2, 0.25) is 0 Å². The zero-order valence-electron chi connectivity index (χ0n) is 23.3. The topological polar surface area (TPSA) is 124 Å². The van der Waals surface area contributed by atoms with Gasteiger partial charge in [-0.15, -0.1) is 11.3 Å². The molecule has 4 aromatic heterocycles. The highest BCUT2D eigenvalue weighted by molar-refractivity contribution is 7.15. The van der Waals surface area contributed by atoms with E-state index in [1.807, 2.05) is 45.2 Å². The van der Waals surface area contributed by atoms with Crippen LogP contribution in [0.5, 0.6) is 5.75 Å². The molecule has 0 bridgehead atoms. The van der Waals surface area contributed by atoms with E-state index in [0.29, 0.717) is 50.3 Å². The third-order valence-corrected chi connectivity index (χ3v) is 8.09. The number of aryl methyl sites for hydroxylation is 1. The maximum Gasteiger partial charge on any atom is 0.264 e. The van der Waals surface area contributed by atoms with E-state index in [2.05, 4.69) is 16.0 Å². The van der Waals surface area contributed by atoms with Crippen LogP contribution in [0.1, 0.15) is 43.6 Å². The number of benzene rings is 2. The molecule has 0 saturated heterocycles. The summed E-state index contributed by atoms with van der Waals surface area (Å²) in [4.78, 5) is 23.4. The fourth-order valence-electron chi connectivity index (χ4n) is 5.21. The minimum atomic E-state index is -0.520. The summed E-state index contributed by atoms with van der Waals surface area (Å²) in [6.45, 7) is 7.55. The van der Waals surface area contributed by atoms with Gasteiger partial charge in [-0.3, -0.25) is 9.20 Å². The van der Waals surface area contributed by atoms with Gasteiger partial charge >= 0.3 is 0 Å². The molecule has 0 spiro atoms. The fourth-order valence-corrected chi connectivity index (χ4v) is 6.13. The zero-order chi connectivity index (χ0) is 29.7. The maximum absolute atomic E-state index is 14.4. The van der Waals surface area contributed by atoms with Crippen LogP contribution in [-0.2, 0) is 0 Å². The van der Waals surface area contributed by atoms with Crippen molar-refractivity contribution in [2.24, 2.45) is 0 Å². The summed E-state index contributed by atoms with van der Waals surface area (Å²) in [6, 6.07) is 14.9. The van der Waals surface area contributed by atoms with Gasteiger partial charge in [-0.05, 0) is 75.2 Å². The van der Waals surface area contributed by atoms with Gasteiger partial charge in [-0.25, -0.2) is 19.0 Å². The van der Waals surface area contributed by atoms with Gasteiger partial charge in [0.15, 0.2) is 5.65 Å². The Hall–Kier alpha value is -5.08. The highest BCUT2D eigenvalue weighted by atomic mass is 32.1. The quantitative estimate of drug-likeness (QED) is 0.252. The number of aromatic nitrogens is 5. The first-order chi connectivity index (χ1) is 20.2. The number of anilines is 1. The van der Waals surface area contributed by atoms with Crippen molar-refractivity contribution in [3.63, 3.8) is 0 Å². The second-order valence-electron chi connectivity index (χ2n) is 10.3. The highest BCUT2D eigenvalue weighted by Crippen LogP contribution is 2.37. The van der Waals surface area contributed by atoms with Gasteiger partial charge in [0.1, 0.15) is 40.3 Å². The lowest BCUT2D eigenvalue weighted by Gasteiger charge is -2.18. The summed E-state index contributed by atoms with van der Waals surface area (Å²) in [5.41, 5.74) is 10.3. The molecule has 6 aromatic rings. The number of nitrogens with two attached hydrogens (primary N) is 1. The first-order valence-electron chi connectivity index (χ1n) is 13.3. The SMILES string of the molecule is Cc1csc2cc([C@H](C)n3nc(-c4ccc(OC(C)C)c(C#N)c4)c4c(N)ncnc43)c(-c3cccc(F)c3)c(=O)n12. The molecule has 0 aliphatic rings. The number of pyridine rings is 1. The molecular formula is C31H26FN7O2S. The van der Waals surface area contributed by atoms with Gasteiger partial charge in [0.25, 0.3) is 5.56 Å². The van der Waals surface area contributed by atoms with E-state index in [1.165, 1.54) is 29.8 Å². The van der Waals surface area contributed by atoms with Crippen LogP contribution < -0.4 is 16.0 Å². The number of nitrogens with zero attached hydrogens (tertiary/aromatic N) is 6. The molecule has 0 saturated carbocycles. The van der Waals surface area contributed by atoms with Crippen molar-refractivity contribution in [2.45, 2.75) is 39.8 Å². The summed E-state index contributed by atoms with van der Waals surface area (Å²) in [5, 5.41) is 17.2. The summed E-state index contributed by atoms with van der Waals surface area (Å²) in [6.07, 6.45) is 1.26. The molecule has 42 heavy (non-hydrogen) atoms. The van der Waals surface area contributed by atoms with Crippen molar-refractivity contribution < 1.29 is 9.13 Å². The third kappa shape index (κ3) is 4.46. The molecule has 210 valence electrons. The van der Waals surface area contributed by atoms with Gasteiger partial charge in [-0.1, -0.05) is 12.1 Å². The number of ether oxygens (including phenoxy) is 1. The highest BCUT2D eigenvalue weighted by Gasteiger charge is 2.26. The van der Waals surface area contributed by atoms with Crippen molar-refractivity contribution in [1.29, 1.82) is 5.26 Å².